The van der Waals surface area contributed by atoms with Gasteiger partial charge in [0.15, 0.2) is 0 Å². The molecule has 1 aromatic rings. The van der Waals surface area contributed by atoms with E-state index in [1.165, 1.54) is 4.31 Å². The molecule has 2 amide bonds. The van der Waals surface area contributed by atoms with Gasteiger partial charge < -0.3 is 10.6 Å². The van der Waals surface area contributed by atoms with Crippen molar-refractivity contribution in [3.8, 4) is 0 Å². The van der Waals surface area contributed by atoms with Gasteiger partial charge in [0.05, 0.1) is 11.4 Å². The fourth-order valence-corrected chi connectivity index (χ4v) is 4.31. The van der Waals surface area contributed by atoms with E-state index in [0.29, 0.717) is 19.5 Å². The van der Waals surface area contributed by atoms with Crippen molar-refractivity contribution < 1.29 is 18.0 Å². The van der Waals surface area contributed by atoms with Crippen molar-refractivity contribution in [1.29, 1.82) is 0 Å². The van der Waals surface area contributed by atoms with Gasteiger partial charge in [-0.25, -0.2) is 8.42 Å². The Morgan fingerprint density at radius 3 is 2.27 bits per heavy atom. The Labute approximate surface area is 155 Å². The third kappa shape index (κ3) is 5.81. The second kappa shape index (κ2) is 9.68. The highest BCUT2D eigenvalue weighted by atomic mass is 32.2. The first kappa shape index (κ1) is 20.4. The number of rotatable bonds is 8. The van der Waals surface area contributed by atoms with Crippen molar-refractivity contribution >= 4 is 21.8 Å². The molecule has 8 heteroatoms. The van der Waals surface area contributed by atoms with Gasteiger partial charge in [-0.1, -0.05) is 25.5 Å². The number of carbonyl (C=O) groups excluding carboxylic acids is 2. The predicted octanol–water partition coefficient (Wildman–Crippen LogP) is 1.39. The summed E-state index contributed by atoms with van der Waals surface area (Å²) < 4.78 is 26.7. The van der Waals surface area contributed by atoms with E-state index in [4.69, 9.17) is 0 Å². The highest BCUT2D eigenvalue weighted by Crippen LogP contribution is 2.20. The molecule has 0 bridgehead atoms. The van der Waals surface area contributed by atoms with Gasteiger partial charge in [-0.05, 0) is 37.0 Å². The molecule has 0 aromatic heterocycles. The van der Waals surface area contributed by atoms with Crippen molar-refractivity contribution in [3.05, 3.63) is 29.8 Å². The van der Waals surface area contributed by atoms with Crippen molar-refractivity contribution in [2.75, 3.05) is 19.6 Å². The minimum absolute atomic E-state index is 0.0553. The molecule has 26 heavy (non-hydrogen) atoms. The summed E-state index contributed by atoms with van der Waals surface area (Å²) in [5, 5.41) is 5.25. The molecule has 7 nitrogen and oxygen atoms in total. The quantitative estimate of drug-likeness (QED) is 0.711. The third-order valence-corrected chi connectivity index (χ3v) is 6.20. The summed E-state index contributed by atoms with van der Waals surface area (Å²) in [6, 6.07) is 6.56. The van der Waals surface area contributed by atoms with Crippen LogP contribution in [-0.2, 0) is 26.2 Å². The lowest BCUT2D eigenvalue weighted by molar-refractivity contribution is -0.126. The Morgan fingerprint density at radius 1 is 1.00 bits per heavy atom. The smallest absolute Gasteiger partial charge is 0.243 e. The van der Waals surface area contributed by atoms with Gasteiger partial charge in [-0.15, -0.1) is 0 Å². The third-order valence-electron chi connectivity index (χ3n) is 4.29. The first-order valence-corrected chi connectivity index (χ1v) is 10.5. The van der Waals surface area contributed by atoms with E-state index in [-0.39, 0.29) is 29.8 Å². The Bertz CT molecular complexity index is 710. The van der Waals surface area contributed by atoms with E-state index in [0.717, 1.165) is 31.2 Å². The molecule has 0 atom stereocenters. The first-order chi connectivity index (χ1) is 12.4. The van der Waals surface area contributed by atoms with Crippen molar-refractivity contribution in [2.24, 2.45) is 0 Å². The van der Waals surface area contributed by atoms with Crippen LogP contribution in [0.3, 0.4) is 0 Å². The maximum Gasteiger partial charge on any atom is 0.243 e. The van der Waals surface area contributed by atoms with Crippen LogP contribution < -0.4 is 10.6 Å². The minimum Gasteiger partial charge on any atom is -0.350 e. The van der Waals surface area contributed by atoms with Gasteiger partial charge in [0.1, 0.15) is 0 Å². The topological polar surface area (TPSA) is 95.6 Å². The van der Waals surface area contributed by atoms with Crippen LogP contribution in [-0.4, -0.2) is 44.2 Å². The van der Waals surface area contributed by atoms with Gasteiger partial charge in [-0.2, -0.15) is 4.31 Å². The van der Waals surface area contributed by atoms with Crippen LogP contribution >= 0.6 is 0 Å². The molecule has 144 valence electrons. The molecule has 1 saturated heterocycles. The molecular weight excluding hydrogens is 354 g/mol. The molecule has 0 saturated carbocycles. The van der Waals surface area contributed by atoms with E-state index in [9.17, 15) is 18.0 Å². The lowest BCUT2D eigenvalue weighted by Gasteiger charge is -2.25. The van der Waals surface area contributed by atoms with Crippen LogP contribution in [0.25, 0.3) is 0 Å². The molecule has 1 aliphatic rings. The van der Waals surface area contributed by atoms with E-state index in [2.05, 4.69) is 10.6 Å². The van der Waals surface area contributed by atoms with E-state index >= 15 is 0 Å². The monoisotopic (exact) mass is 381 g/mol. The number of sulfonamides is 1. The van der Waals surface area contributed by atoms with Gasteiger partial charge in [0.2, 0.25) is 21.8 Å². The maximum absolute atomic E-state index is 12.6. The average Bonchev–Trinajstić information content (AvgIpc) is 2.66. The van der Waals surface area contributed by atoms with Crippen LogP contribution in [0, 0.1) is 0 Å². The van der Waals surface area contributed by atoms with E-state index < -0.39 is 10.0 Å². The van der Waals surface area contributed by atoms with Crippen molar-refractivity contribution in [3.63, 3.8) is 0 Å². The van der Waals surface area contributed by atoms with Crippen LogP contribution in [0.15, 0.2) is 29.2 Å². The van der Waals surface area contributed by atoms with Crippen LogP contribution in [0.5, 0.6) is 0 Å². The van der Waals surface area contributed by atoms with Crippen LogP contribution in [0.4, 0.5) is 0 Å². The highest BCUT2D eigenvalue weighted by Gasteiger charge is 2.25. The normalized spacial score (nSPS) is 15.4. The lowest BCUT2D eigenvalue weighted by Crippen LogP contribution is -2.36. The molecule has 2 rings (SSSR count). The van der Waals surface area contributed by atoms with E-state index in [1.807, 2.05) is 6.92 Å². The van der Waals surface area contributed by atoms with Gasteiger partial charge in [-0.3, -0.25) is 9.59 Å². The predicted molar refractivity (Wildman–Crippen MR) is 98.8 cm³/mol. The summed E-state index contributed by atoms with van der Waals surface area (Å²) in [6.07, 6.45) is 4.01. The number of carbonyl (C=O) groups is 2. The molecule has 1 aliphatic heterocycles. The van der Waals surface area contributed by atoms with Gasteiger partial charge in [0, 0.05) is 26.1 Å². The van der Waals surface area contributed by atoms with Crippen molar-refractivity contribution in [1.82, 2.24) is 14.9 Å². The molecule has 1 heterocycles. The second-order valence-electron chi connectivity index (χ2n) is 6.41. The number of benzene rings is 1. The second-order valence-corrected chi connectivity index (χ2v) is 8.35. The Kier molecular flexibility index (Phi) is 7.59. The summed E-state index contributed by atoms with van der Waals surface area (Å²) in [7, 11) is -3.44. The molecule has 1 aromatic carbocycles. The standard InChI is InChI=1S/C18H27N3O4S/c1-2-6-17(22)20-14-18(23)19-13-15-7-9-16(10-8-15)26(24,25)21-11-4-3-5-12-21/h7-10H,2-6,11-14H2,1H3,(H,19,23)(H,20,22). The summed E-state index contributed by atoms with van der Waals surface area (Å²) in [6.45, 7) is 3.27. The Hall–Kier alpha value is -1.93. The number of nitrogens with one attached hydrogen (secondary N) is 2. The molecule has 0 radical (unpaired) electrons. The molecule has 0 unspecified atom stereocenters. The van der Waals surface area contributed by atoms with Gasteiger partial charge in [0.25, 0.3) is 0 Å². The summed E-state index contributed by atoms with van der Waals surface area (Å²) in [5.41, 5.74) is 0.802. The lowest BCUT2D eigenvalue weighted by atomic mass is 10.2. The number of amides is 2. The zero-order valence-electron chi connectivity index (χ0n) is 15.2. The number of hydrogen-bond acceptors (Lipinski definition) is 4. The SMILES string of the molecule is CCCC(=O)NCC(=O)NCc1ccc(S(=O)(=O)N2CCCCC2)cc1. The average molecular weight is 381 g/mol. The maximum atomic E-state index is 12.6. The van der Waals surface area contributed by atoms with Crippen LogP contribution in [0.2, 0.25) is 0 Å². The zero-order chi connectivity index (χ0) is 19.0. The molecule has 0 spiro atoms. The van der Waals surface area contributed by atoms with E-state index in [1.54, 1.807) is 24.3 Å². The molecular formula is C18H27N3O4S. The fourth-order valence-electron chi connectivity index (χ4n) is 2.79. The van der Waals surface area contributed by atoms with Gasteiger partial charge >= 0.3 is 0 Å². The molecule has 0 aliphatic carbocycles. The van der Waals surface area contributed by atoms with Crippen LogP contribution in [0.1, 0.15) is 44.6 Å². The Morgan fingerprint density at radius 2 is 1.65 bits per heavy atom. The first-order valence-electron chi connectivity index (χ1n) is 9.06. The molecule has 1 fully saturated rings. The zero-order valence-corrected chi connectivity index (χ0v) is 16.0. The summed E-state index contributed by atoms with van der Waals surface area (Å²) >= 11 is 0. The minimum atomic E-state index is -3.44. The summed E-state index contributed by atoms with van der Waals surface area (Å²) in [5.74, 6) is -0.422. The summed E-state index contributed by atoms with van der Waals surface area (Å²) in [4.78, 5) is 23.3. The molecule has 2 N–H and O–H groups in total. The largest absolute Gasteiger partial charge is 0.350 e. The number of piperidine rings is 1. The fraction of sp³-hybridized carbons (Fsp3) is 0.556. The Balaban J connectivity index is 1.85. The van der Waals surface area contributed by atoms with Crippen molar-refractivity contribution in [2.45, 2.75) is 50.5 Å². The highest BCUT2D eigenvalue weighted by molar-refractivity contribution is 7.89. The number of hydrogen-bond donors (Lipinski definition) is 2. The number of nitrogens with zero attached hydrogens (tertiary/aromatic N) is 1.